The van der Waals surface area contributed by atoms with Crippen LogP contribution in [0.2, 0.25) is 0 Å². The van der Waals surface area contributed by atoms with Crippen molar-refractivity contribution < 1.29 is 18.4 Å². The summed E-state index contributed by atoms with van der Waals surface area (Å²) >= 11 is 0. The number of rotatable bonds is 3. The third kappa shape index (κ3) is 4.08. The molecule has 1 aliphatic heterocycles. The topological polar surface area (TPSA) is 49.4 Å². The molecule has 1 atom stereocenters. The van der Waals surface area contributed by atoms with Crippen molar-refractivity contribution in [3.8, 4) is 0 Å². The van der Waals surface area contributed by atoms with Crippen LogP contribution in [-0.2, 0) is 16.0 Å². The Balaban J connectivity index is 1.80. The average Bonchev–Trinajstić information content (AvgIpc) is 2.84. The van der Waals surface area contributed by atoms with Gasteiger partial charge in [-0.25, -0.2) is 8.78 Å². The Morgan fingerprint density at radius 2 is 1.77 bits per heavy atom. The number of fused-ring (bicyclic) bond motifs is 1. The Hall–Kier alpha value is -3.54. The first-order valence-corrected chi connectivity index (χ1v) is 9.60. The van der Waals surface area contributed by atoms with Crippen LogP contribution < -0.4 is 5.32 Å². The lowest BCUT2D eigenvalue weighted by molar-refractivity contribution is -0.135. The van der Waals surface area contributed by atoms with Crippen LogP contribution in [0.5, 0.6) is 0 Å². The minimum atomic E-state index is -0.729. The molecule has 0 aromatic heterocycles. The summed E-state index contributed by atoms with van der Waals surface area (Å²) in [5.41, 5.74) is 3.32. The molecule has 0 bridgehead atoms. The molecule has 152 valence electrons. The Morgan fingerprint density at radius 3 is 2.50 bits per heavy atom. The monoisotopic (exact) mass is 406 g/mol. The highest BCUT2D eigenvalue weighted by Gasteiger charge is 2.33. The average molecular weight is 406 g/mol. The number of amides is 2. The van der Waals surface area contributed by atoms with E-state index in [2.05, 4.69) is 5.32 Å². The van der Waals surface area contributed by atoms with Crippen molar-refractivity contribution in [2.75, 3.05) is 11.9 Å². The molecule has 0 spiro atoms. The van der Waals surface area contributed by atoms with Gasteiger partial charge in [0.25, 0.3) is 0 Å². The molecule has 0 radical (unpaired) electrons. The molecule has 0 saturated heterocycles. The van der Waals surface area contributed by atoms with Crippen LogP contribution in [-0.4, -0.2) is 23.3 Å². The van der Waals surface area contributed by atoms with Gasteiger partial charge in [0.15, 0.2) is 0 Å². The number of nitrogens with one attached hydrogen (secondary N) is 1. The predicted molar refractivity (Wildman–Crippen MR) is 110 cm³/mol. The van der Waals surface area contributed by atoms with Crippen molar-refractivity contribution in [3.63, 3.8) is 0 Å². The quantitative estimate of drug-likeness (QED) is 0.702. The highest BCUT2D eigenvalue weighted by atomic mass is 19.1. The van der Waals surface area contributed by atoms with Crippen molar-refractivity contribution >= 4 is 17.5 Å². The van der Waals surface area contributed by atoms with Gasteiger partial charge in [-0.15, -0.1) is 0 Å². The third-order valence-corrected chi connectivity index (χ3v) is 5.15. The fraction of sp³-hybridized carbons (Fsp3) is 0.167. The van der Waals surface area contributed by atoms with Gasteiger partial charge in [0.2, 0.25) is 11.8 Å². The minimum absolute atomic E-state index is 0.0945. The van der Waals surface area contributed by atoms with E-state index in [0.717, 1.165) is 11.1 Å². The standard InChI is InChI=1S/C24H20F2N2O2/c1-15-3-2-4-16(11-15)12-23(30)28-14-22(29)27-21-10-9-19(26)13-20(21)24(28)17-5-7-18(25)8-6-17/h2-11,13,24H,12,14H2,1H3,(H,27,29)/t24-/m1/s1. The normalized spacial score (nSPS) is 15.9. The molecular formula is C24H20F2N2O2. The SMILES string of the molecule is Cc1cccc(CC(=O)N2CC(=O)Nc3ccc(F)cc3[C@H]2c2ccc(F)cc2)c1. The number of hydrogen-bond donors (Lipinski definition) is 1. The Labute approximate surface area is 173 Å². The number of carbonyl (C=O) groups is 2. The summed E-state index contributed by atoms with van der Waals surface area (Å²) in [5.74, 6) is -1.55. The molecule has 0 aliphatic carbocycles. The smallest absolute Gasteiger partial charge is 0.244 e. The molecule has 2 amide bonds. The van der Waals surface area contributed by atoms with Gasteiger partial charge >= 0.3 is 0 Å². The molecule has 0 saturated carbocycles. The van der Waals surface area contributed by atoms with Crippen molar-refractivity contribution in [2.24, 2.45) is 0 Å². The summed E-state index contributed by atoms with van der Waals surface area (Å²) in [5, 5.41) is 2.74. The molecule has 3 aromatic rings. The van der Waals surface area contributed by atoms with Crippen LogP contribution in [0.25, 0.3) is 0 Å². The first kappa shape index (κ1) is 19.8. The lowest BCUT2D eigenvalue weighted by Gasteiger charge is -2.30. The maximum atomic E-state index is 14.1. The van der Waals surface area contributed by atoms with E-state index in [-0.39, 0.29) is 24.8 Å². The Bertz CT molecular complexity index is 1110. The highest BCUT2D eigenvalue weighted by Crippen LogP contribution is 2.36. The number of aryl methyl sites for hydroxylation is 1. The summed E-state index contributed by atoms with van der Waals surface area (Å²) in [4.78, 5) is 27.3. The number of halogens is 2. The summed E-state index contributed by atoms with van der Waals surface area (Å²) in [7, 11) is 0. The van der Waals surface area contributed by atoms with Crippen LogP contribution in [0.1, 0.15) is 28.3 Å². The summed E-state index contributed by atoms with van der Waals surface area (Å²) in [6.45, 7) is 1.75. The van der Waals surface area contributed by atoms with E-state index in [0.29, 0.717) is 16.8 Å². The second-order valence-corrected chi connectivity index (χ2v) is 7.42. The number of hydrogen-bond acceptors (Lipinski definition) is 2. The Kier molecular flexibility index (Phi) is 5.31. The van der Waals surface area contributed by atoms with Gasteiger partial charge in [-0.2, -0.15) is 0 Å². The van der Waals surface area contributed by atoms with Crippen LogP contribution in [0.4, 0.5) is 14.5 Å². The largest absolute Gasteiger partial charge is 0.324 e. The first-order chi connectivity index (χ1) is 14.4. The molecule has 6 heteroatoms. The highest BCUT2D eigenvalue weighted by molar-refractivity contribution is 5.97. The molecule has 4 rings (SSSR count). The van der Waals surface area contributed by atoms with E-state index in [4.69, 9.17) is 0 Å². The minimum Gasteiger partial charge on any atom is -0.324 e. The summed E-state index contributed by atoms with van der Waals surface area (Å²) in [6.07, 6.45) is 0.0945. The second kappa shape index (κ2) is 8.06. The Morgan fingerprint density at radius 1 is 1.03 bits per heavy atom. The summed E-state index contributed by atoms with van der Waals surface area (Å²) in [6, 6.07) is 16.6. The number of carbonyl (C=O) groups excluding carboxylic acids is 2. The van der Waals surface area contributed by atoms with Crippen LogP contribution in [0, 0.1) is 18.6 Å². The lowest BCUT2D eigenvalue weighted by Crippen LogP contribution is -2.39. The molecule has 3 aromatic carbocycles. The first-order valence-electron chi connectivity index (χ1n) is 9.60. The molecule has 0 fully saturated rings. The molecule has 0 unspecified atom stereocenters. The zero-order valence-corrected chi connectivity index (χ0v) is 16.4. The maximum Gasteiger partial charge on any atom is 0.244 e. The van der Waals surface area contributed by atoms with Gasteiger partial charge in [-0.05, 0) is 48.4 Å². The number of benzene rings is 3. The number of anilines is 1. The second-order valence-electron chi connectivity index (χ2n) is 7.42. The molecule has 30 heavy (non-hydrogen) atoms. The fourth-order valence-corrected chi connectivity index (χ4v) is 3.81. The maximum absolute atomic E-state index is 14.1. The van der Waals surface area contributed by atoms with Crippen molar-refractivity contribution in [1.82, 2.24) is 4.90 Å². The lowest BCUT2D eigenvalue weighted by atomic mass is 9.95. The molecule has 4 nitrogen and oxygen atoms in total. The zero-order chi connectivity index (χ0) is 21.3. The van der Waals surface area contributed by atoms with Crippen LogP contribution in [0.3, 0.4) is 0 Å². The van der Waals surface area contributed by atoms with Gasteiger partial charge in [-0.3, -0.25) is 9.59 Å². The van der Waals surface area contributed by atoms with E-state index >= 15 is 0 Å². The molecule has 1 aliphatic rings. The van der Waals surface area contributed by atoms with Crippen molar-refractivity contribution in [1.29, 1.82) is 0 Å². The fourth-order valence-electron chi connectivity index (χ4n) is 3.81. The van der Waals surface area contributed by atoms with Gasteiger partial charge in [0.1, 0.15) is 18.2 Å². The van der Waals surface area contributed by atoms with E-state index in [1.807, 2.05) is 31.2 Å². The van der Waals surface area contributed by atoms with Gasteiger partial charge in [-0.1, -0.05) is 42.0 Å². The van der Waals surface area contributed by atoms with Crippen LogP contribution in [0.15, 0.2) is 66.7 Å². The van der Waals surface area contributed by atoms with E-state index in [1.54, 1.807) is 12.1 Å². The van der Waals surface area contributed by atoms with Gasteiger partial charge < -0.3 is 10.2 Å². The van der Waals surface area contributed by atoms with Crippen molar-refractivity contribution in [3.05, 3.63) is 101 Å². The third-order valence-electron chi connectivity index (χ3n) is 5.15. The van der Waals surface area contributed by atoms with E-state index < -0.39 is 17.7 Å². The predicted octanol–water partition coefficient (Wildman–Crippen LogP) is 4.39. The van der Waals surface area contributed by atoms with Crippen molar-refractivity contribution in [2.45, 2.75) is 19.4 Å². The van der Waals surface area contributed by atoms with Gasteiger partial charge in [0.05, 0.1) is 12.5 Å². The van der Waals surface area contributed by atoms with Gasteiger partial charge in [0, 0.05) is 11.3 Å². The molecular weight excluding hydrogens is 386 g/mol. The molecule has 1 heterocycles. The van der Waals surface area contributed by atoms with E-state index in [1.165, 1.54) is 35.2 Å². The zero-order valence-electron chi connectivity index (χ0n) is 16.4. The summed E-state index contributed by atoms with van der Waals surface area (Å²) < 4.78 is 27.7. The van der Waals surface area contributed by atoms with Crippen LogP contribution >= 0.6 is 0 Å². The number of nitrogens with zero attached hydrogens (tertiary/aromatic N) is 1. The molecule has 1 N–H and O–H groups in total. The van der Waals surface area contributed by atoms with E-state index in [9.17, 15) is 18.4 Å².